The molecule has 4 N–H and O–H groups in total. The Morgan fingerprint density at radius 1 is 1.11 bits per heavy atom. The summed E-state index contributed by atoms with van der Waals surface area (Å²) in [5.41, 5.74) is 0. The van der Waals surface area contributed by atoms with Crippen LogP contribution in [0.25, 0.3) is 0 Å². The van der Waals surface area contributed by atoms with Crippen molar-refractivity contribution in [1.29, 1.82) is 0 Å². The Bertz CT molecular complexity index is 590. The highest BCUT2D eigenvalue weighted by Crippen LogP contribution is 2.49. The number of ether oxygens (including phenoxy) is 2. The Kier molecular flexibility index (Phi) is 8.15. The molecule has 2 heterocycles. The van der Waals surface area contributed by atoms with Crippen molar-refractivity contribution >= 4 is 31.3 Å². The SMILES string of the molecule is B[C@H]1CC(O)[C@@H](CC(C)OP(=O)(O)OC2C[C@H](B)O[C@@H]2COP(=O)(O)O)O1. The summed E-state index contributed by atoms with van der Waals surface area (Å²) < 4.78 is 48.8. The predicted octanol–water partition coefficient (Wildman–Crippen LogP) is -1.77. The van der Waals surface area contributed by atoms with Gasteiger partial charge in [0.15, 0.2) is 0 Å². The van der Waals surface area contributed by atoms with Crippen LogP contribution in [0.4, 0.5) is 0 Å². The second-order valence-corrected chi connectivity index (χ2v) is 9.66. The van der Waals surface area contributed by atoms with Gasteiger partial charge >= 0.3 is 15.6 Å². The van der Waals surface area contributed by atoms with Crippen LogP contribution in [-0.4, -0.2) is 84.6 Å². The molecule has 0 spiro atoms. The van der Waals surface area contributed by atoms with Crippen molar-refractivity contribution in [2.45, 2.75) is 68.7 Å². The normalized spacial score (nSPS) is 38.0. The van der Waals surface area contributed by atoms with Crippen LogP contribution in [0, 0.1) is 0 Å². The molecular weight excluding hydrogens is 404 g/mol. The van der Waals surface area contributed by atoms with Gasteiger partial charge < -0.3 is 29.3 Å². The summed E-state index contributed by atoms with van der Waals surface area (Å²) in [6.07, 6.45) is -2.80. The number of aliphatic hydroxyl groups is 1. The van der Waals surface area contributed by atoms with Gasteiger partial charge in [-0.25, -0.2) is 9.13 Å². The van der Waals surface area contributed by atoms with Crippen molar-refractivity contribution in [3.63, 3.8) is 0 Å². The number of phosphoric ester groups is 2. The van der Waals surface area contributed by atoms with Crippen molar-refractivity contribution in [3.8, 4) is 0 Å². The third-order valence-corrected chi connectivity index (χ3v) is 6.00. The van der Waals surface area contributed by atoms with Gasteiger partial charge in [0.05, 0.1) is 31.0 Å². The largest absolute Gasteiger partial charge is 0.472 e. The Labute approximate surface area is 159 Å². The second kappa shape index (κ2) is 9.36. The first-order chi connectivity index (χ1) is 12.3. The summed E-state index contributed by atoms with van der Waals surface area (Å²) in [5.74, 6) is 0. The van der Waals surface area contributed by atoms with Gasteiger partial charge in [-0.15, -0.1) is 0 Å². The molecule has 0 aromatic heterocycles. The van der Waals surface area contributed by atoms with Crippen molar-refractivity contribution in [1.82, 2.24) is 0 Å². The molecule has 2 rings (SSSR count). The molecule has 8 atom stereocenters. The zero-order valence-corrected chi connectivity index (χ0v) is 17.2. The molecule has 156 valence electrons. The Morgan fingerprint density at radius 3 is 2.26 bits per heavy atom. The van der Waals surface area contributed by atoms with E-state index in [0.717, 1.165) is 0 Å². The summed E-state index contributed by atoms with van der Waals surface area (Å²) in [4.78, 5) is 27.6. The number of hydrogen-bond acceptors (Lipinski definition) is 8. The van der Waals surface area contributed by atoms with Gasteiger partial charge in [-0.3, -0.25) is 13.6 Å². The van der Waals surface area contributed by atoms with E-state index in [2.05, 4.69) is 4.52 Å². The van der Waals surface area contributed by atoms with Crippen molar-refractivity contribution in [2.24, 2.45) is 0 Å². The highest BCUT2D eigenvalue weighted by molar-refractivity contribution is 7.47. The minimum absolute atomic E-state index is 0.0960. The van der Waals surface area contributed by atoms with E-state index in [4.69, 9.17) is 28.3 Å². The maximum absolute atomic E-state index is 12.3. The van der Waals surface area contributed by atoms with Crippen LogP contribution in [0.5, 0.6) is 0 Å². The standard InChI is InChI=1S/C12H26B2O11P2/c1-6(2-8-7(15)3-11(13)22-8)24-27(19,20)25-9-4-12(14)23-10(9)5-21-26(16,17)18/h6-12,15H,2-5,13-14H2,1H3,(H,19,20)(H2,16,17,18)/t6?,7?,8-,9?,10-,11-,12-/m1/s1. The molecular formula is C12H26B2O11P2. The molecule has 0 radical (unpaired) electrons. The summed E-state index contributed by atoms with van der Waals surface area (Å²) in [6, 6.07) is -0.442. The van der Waals surface area contributed by atoms with Crippen LogP contribution in [0.1, 0.15) is 26.2 Å². The third kappa shape index (κ3) is 7.87. The van der Waals surface area contributed by atoms with Crippen LogP contribution in [-0.2, 0) is 32.2 Å². The van der Waals surface area contributed by atoms with Crippen molar-refractivity contribution in [2.75, 3.05) is 6.61 Å². The fourth-order valence-electron chi connectivity index (χ4n) is 3.29. The average Bonchev–Trinajstić information content (AvgIpc) is 2.96. The van der Waals surface area contributed by atoms with Gasteiger partial charge in [0.25, 0.3) is 0 Å². The van der Waals surface area contributed by atoms with Gasteiger partial charge in [-0.2, -0.15) is 0 Å². The first kappa shape index (κ1) is 23.5. The van der Waals surface area contributed by atoms with E-state index in [9.17, 15) is 19.1 Å². The molecule has 27 heavy (non-hydrogen) atoms. The van der Waals surface area contributed by atoms with Gasteiger partial charge in [-0.05, 0) is 19.8 Å². The molecule has 15 heteroatoms. The number of hydrogen-bond donors (Lipinski definition) is 4. The minimum atomic E-state index is -4.70. The van der Waals surface area contributed by atoms with E-state index in [-0.39, 0.29) is 24.8 Å². The summed E-state index contributed by atoms with van der Waals surface area (Å²) in [5, 5.41) is 9.89. The Morgan fingerprint density at radius 2 is 1.70 bits per heavy atom. The summed E-state index contributed by atoms with van der Waals surface area (Å²) in [6.45, 7) is 1.07. The maximum atomic E-state index is 12.3. The first-order valence-electron chi connectivity index (χ1n) is 8.73. The smallest absolute Gasteiger partial charge is 0.390 e. The van der Waals surface area contributed by atoms with Crippen LogP contribution in [0.15, 0.2) is 0 Å². The molecule has 0 aliphatic carbocycles. The molecule has 2 fully saturated rings. The van der Waals surface area contributed by atoms with Crippen LogP contribution in [0.2, 0.25) is 0 Å². The zero-order valence-electron chi connectivity index (χ0n) is 15.4. The van der Waals surface area contributed by atoms with Gasteiger partial charge in [0.1, 0.15) is 21.8 Å². The molecule has 0 saturated carbocycles. The molecule has 2 saturated heterocycles. The van der Waals surface area contributed by atoms with E-state index < -0.39 is 52.8 Å². The van der Waals surface area contributed by atoms with Crippen molar-refractivity contribution < 1.29 is 52.0 Å². The quantitative estimate of drug-likeness (QED) is 0.242. The van der Waals surface area contributed by atoms with Crippen LogP contribution < -0.4 is 0 Å². The fraction of sp³-hybridized carbons (Fsp3) is 1.00. The summed E-state index contributed by atoms with van der Waals surface area (Å²) >= 11 is 0. The van der Waals surface area contributed by atoms with Gasteiger partial charge in [0.2, 0.25) is 0 Å². The highest BCUT2D eigenvalue weighted by atomic mass is 31.2. The predicted molar refractivity (Wildman–Crippen MR) is 97.5 cm³/mol. The van der Waals surface area contributed by atoms with Gasteiger partial charge in [-0.1, -0.05) is 0 Å². The minimum Gasteiger partial charge on any atom is -0.390 e. The Hall–Kier alpha value is 0.230. The van der Waals surface area contributed by atoms with Gasteiger partial charge in [0, 0.05) is 18.4 Å². The molecule has 0 aromatic rings. The summed E-state index contributed by atoms with van der Waals surface area (Å²) in [7, 11) is -5.66. The molecule has 2 aliphatic rings. The number of phosphoric acid groups is 2. The lowest BCUT2D eigenvalue weighted by Gasteiger charge is -2.25. The molecule has 4 unspecified atom stereocenters. The lowest BCUT2D eigenvalue weighted by molar-refractivity contribution is -0.0208. The van der Waals surface area contributed by atoms with E-state index >= 15 is 0 Å². The molecule has 0 bridgehead atoms. The first-order valence-corrected chi connectivity index (χ1v) is 11.8. The molecule has 0 amide bonds. The highest BCUT2D eigenvalue weighted by Gasteiger charge is 2.41. The Balaban J connectivity index is 1.87. The fourth-order valence-corrected chi connectivity index (χ4v) is 4.79. The number of rotatable bonds is 9. The average molecular weight is 430 g/mol. The van der Waals surface area contributed by atoms with Crippen molar-refractivity contribution in [3.05, 3.63) is 0 Å². The molecule has 11 nitrogen and oxygen atoms in total. The maximum Gasteiger partial charge on any atom is 0.472 e. The van der Waals surface area contributed by atoms with E-state index in [1.54, 1.807) is 14.8 Å². The number of aliphatic hydroxyl groups excluding tert-OH is 1. The third-order valence-electron chi connectivity index (χ3n) is 4.35. The topological polar surface area (TPSA) is 161 Å². The van der Waals surface area contributed by atoms with E-state index in [1.807, 2.05) is 7.85 Å². The van der Waals surface area contributed by atoms with E-state index in [1.165, 1.54) is 0 Å². The molecule has 0 aromatic carbocycles. The lowest BCUT2D eigenvalue weighted by Crippen LogP contribution is -2.29. The second-order valence-electron chi connectivity index (χ2n) is 7.06. The molecule has 2 aliphatic heterocycles. The monoisotopic (exact) mass is 430 g/mol. The zero-order chi connectivity index (χ0) is 20.4. The van der Waals surface area contributed by atoms with Crippen LogP contribution >= 0.6 is 15.6 Å². The van der Waals surface area contributed by atoms with Crippen LogP contribution in [0.3, 0.4) is 0 Å². The lowest BCUT2D eigenvalue weighted by atomic mass is 9.95. The van der Waals surface area contributed by atoms with E-state index in [0.29, 0.717) is 6.42 Å².